The normalized spacial score (nSPS) is 15.5. The molecular weight excluding hydrogens is 353 g/mol. The second-order valence-electron chi connectivity index (χ2n) is 7.54. The number of nitrogens with one attached hydrogen (secondary N) is 1. The van der Waals surface area contributed by atoms with Crippen molar-refractivity contribution in [3.8, 4) is 11.1 Å². The van der Waals surface area contributed by atoms with Crippen molar-refractivity contribution in [1.82, 2.24) is 19.9 Å². The Morgan fingerprint density at radius 1 is 0.964 bits per heavy atom. The van der Waals surface area contributed by atoms with Crippen LogP contribution in [0, 0.1) is 5.82 Å². The fourth-order valence-electron chi connectivity index (χ4n) is 4.06. The van der Waals surface area contributed by atoms with Gasteiger partial charge in [0.25, 0.3) is 0 Å². The first-order valence-corrected chi connectivity index (χ1v) is 9.71. The van der Waals surface area contributed by atoms with Crippen molar-refractivity contribution in [3.63, 3.8) is 0 Å². The quantitative estimate of drug-likeness (QED) is 0.554. The number of likely N-dealkylation sites (tertiary alicyclic amines) is 1. The first kappa shape index (κ1) is 17.1. The number of benzene rings is 1. The summed E-state index contributed by atoms with van der Waals surface area (Å²) in [7, 11) is 0. The third kappa shape index (κ3) is 3.10. The van der Waals surface area contributed by atoms with Crippen LogP contribution >= 0.6 is 0 Å². The van der Waals surface area contributed by atoms with E-state index < -0.39 is 0 Å². The minimum Gasteiger partial charge on any atom is -0.384 e. The number of hydrogen-bond acceptors (Lipinski definition) is 4. The Balaban J connectivity index is 1.49. The van der Waals surface area contributed by atoms with Crippen molar-refractivity contribution in [2.75, 3.05) is 18.8 Å². The molecule has 4 heterocycles. The van der Waals surface area contributed by atoms with Gasteiger partial charge >= 0.3 is 0 Å². The van der Waals surface area contributed by atoms with Crippen molar-refractivity contribution >= 4 is 27.8 Å². The SMILES string of the molecule is Nc1cc2c(cn1)[nH]c1ncc(-c3ccc(CN4CCCCC4)c(F)c3)cc12. The number of nitrogen functional groups attached to an aromatic ring is 1. The van der Waals surface area contributed by atoms with E-state index in [2.05, 4.69) is 19.9 Å². The number of aromatic amines is 1. The first-order chi connectivity index (χ1) is 13.7. The summed E-state index contributed by atoms with van der Waals surface area (Å²) in [4.78, 5) is 14.2. The van der Waals surface area contributed by atoms with Gasteiger partial charge in [0.15, 0.2) is 0 Å². The Labute approximate surface area is 162 Å². The highest BCUT2D eigenvalue weighted by atomic mass is 19.1. The van der Waals surface area contributed by atoms with E-state index in [1.165, 1.54) is 19.3 Å². The lowest BCUT2D eigenvalue weighted by molar-refractivity contribution is 0.218. The number of pyridine rings is 2. The van der Waals surface area contributed by atoms with Gasteiger partial charge in [0.1, 0.15) is 17.3 Å². The van der Waals surface area contributed by atoms with E-state index in [4.69, 9.17) is 5.73 Å². The minimum absolute atomic E-state index is 0.157. The summed E-state index contributed by atoms with van der Waals surface area (Å²) in [6.45, 7) is 2.79. The molecule has 1 aliphatic rings. The van der Waals surface area contributed by atoms with E-state index in [0.29, 0.717) is 12.4 Å². The Morgan fingerprint density at radius 2 is 1.82 bits per heavy atom. The molecule has 1 saturated heterocycles. The maximum absolute atomic E-state index is 14.8. The zero-order valence-electron chi connectivity index (χ0n) is 15.6. The average molecular weight is 375 g/mol. The third-order valence-electron chi connectivity index (χ3n) is 5.59. The summed E-state index contributed by atoms with van der Waals surface area (Å²) in [5.41, 5.74) is 9.96. The van der Waals surface area contributed by atoms with E-state index in [9.17, 15) is 4.39 Å². The summed E-state index contributed by atoms with van der Waals surface area (Å²) < 4.78 is 14.8. The molecule has 0 bridgehead atoms. The topological polar surface area (TPSA) is 70.8 Å². The zero-order chi connectivity index (χ0) is 19.1. The molecule has 142 valence electrons. The number of nitrogens with zero attached hydrogens (tertiary/aromatic N) is 3. The number of halogens is 1. The van der Waals surface area contributed by atoms with Gasteiger partial charge in [-0.1, -0.05) is 18.6 Å². The number of rotatable bonds is 3. The highest BCUT2D eigenvalue weighted by Gasteiger charge is 2.14. The van der Waals surface area contributed by atoms with Crippen LogP contribution in [-0.2, 0) is 6.54 Å². The molecule has 5 nitrogen and oxygen atoms in total. The molecule has 3 N–H and O–H groups in total. The Kier molecular flexibility index (Phi) is 4.20. The van der Waals surface area contributed by atoms with Gasteiger partial charge in [-0.15, -0.1) is 0 Å². The van der Waals surface area contributed by atoms with Gasteiger partial charge in [0, 0.05) is 34.6 Å². The maximum Gasteiger partial charge on any atom is 0.138 e. The molecule has 0 spiro atoms. The number of H-pyrrole nitrogens is 1. The van der Waals surface area contributed by atoms with Crippen LogP contribution < -0.4 is 5.73 Å². The fraction of sp³-hybridized carbons (Fsp3) is 0.273. The van der Waals surface area contributed by atoms with E-state index in [-0.39, 0.29) is 5.82 Å². The Hall–Kier alpha value is -2.99. The zero-order valence-corrected chi connectivity index (χ0v) is 15.6. The number of piperidine rings is 1. The summed E-state index contributed by atoms with van der Waals surface area (Å²) in [5.74, 6) is 0.308. The molecule has 28 heavy (non-hydrogen) atoms. The van der Waals surface area contributed by atoms with Crippen molar-refractivity contribution in [2.45, 2.75) is 25.8 Å². The van der Waals surface area contributed by atoms with E-state index >= 15 is 0 Å². The molecule has 0 saturated carbocycles. The first-order valence-electron chi connectivity index (χ1n) is 9.71. The van der Waals surface area contributed by atoms with Crippen molar-refractivity contribution in [1.29, 1.82) is 0 Å². The second kappa shape index (κ2) is 6.87. The van der Waals surface area contributed by atoms with E-state index in [1.807, 2.05) is 24.3 Å². The molecular formula is C22H22FN5. The van der Waals surface area contributed by atoms with Gasteiger partial charge in [-0.25, -0.2) is 14.4 Å². The monoisotopic (exact) mass is 375 g/mol. The maximum atomic E-state index is 14.8. The van der Waals surface area contributed by atoms with E-state index in [1.54, 1.807) is 18.5 Å². The molecule has 0 radical (unpaired) electrons. The third-order valence-corrected chi connectivity index (χ3v) is 5.59. The van der Waals surface area contributed by atoms with Crippen LogP contribution in [0.3, 0.4) is 0 Å². The lowest BCUT2D eigenvalue weighted by atomic mass is 10.0. The molecule has 5 rings (SSSR count). The summed E-state index contributed by atoms with van der Waals surface area (Å²) in [6, 6.07) is 9.37. The molecule has 0 atom stereocenters. The van der Waals surface area contributed by atoms with Crippen LogP contribution in [0.4, 0.5) is 10.2 Å². The summed E-state index contributed by atoms with van der Waals surface area (Å²) in [6.07, 6.45) is 7.17. The van der Waals surface area contributed by atoms with Gasteiger partial charge in [-0.3, -0.25) is 4.90 Å². The molecule has 0 amide bonds. The highest BCUT2D eigenvalue weighted by molar-refractivity contribution is 6.07. The van der Waals surface area contributed by atoms with Gasteiger partial charge in [-0.2, -0.15) is 0 Å². The van der Waals surface area contributed by atoms with Gasteiger partial charge in [0.05, 0.1) is 11.7 Å². The number of nitrogens with two attached hydrogens (primary N) is 1. The summed E-state index contributed by atoms with van der Waals surface area (Å²) >= 11 is 0. The molecule has 0 aliphatic carbocycles. The Morgan fingerprint density at radius 3 is 2.64 bits per heavy atom. The highest BCUT2D eigenvalue weighted by Crippen LogP contribution is 2.30. The van der Waals surface area contributed by atoms with Gasteiger partial charge in [0.2, 0.25) is 0 Å². The van der Waals surface area contributed by atoms with Crippen LogP contribution in [0.15, 0.2) is 42.7 Å². The number of hydrogen-bond donors (Lipinski definition) is 2. The second-order valence-corrected chi connectivity index (χ2v) is 7.54. The van der Waals surface area contributed by atoms with Crippen LogP contribution in [0.1, 0.15) is 24.8 Å². The number of fused-ring (bicyclic) bond motifs is 3. The molecule has 1 aromatic carbocycles. The predicted molar refractivity (Wildman–Crippen MR) is 110 cm³/mol. The molecule has 3 aromatic heterocycles. The lowest BCUT2D eigenvalue weighted by Gasteiger charge is -2.26. The average Bonchev–Trinajstić information content (AvgIpc) is 3.07. The van der Waals surface area contributed by atoms with Gasteiger partial charge < -0.3 is 10.7 Å². The van der Waals surface area contributed by atoms with Gasteiger partial charge in [-0.05, 0) is 49.7 Å². The smallest absolute Gasteiger partial charge is 0.138 e. The fourth-order valence-corrected chi connectivity index (χ4v) is 4.06. The van der Waals surface area contributed by atoms with Crippen LogP contribution in [0.25, 0.3) is 33.1 Å². The minimum atomic E-state index is -0.157. The van der Waals surface area contributed by atoms with Crippen molar-refractivity contribution in [2.24, 2.45) is 0 Å². The molecule has 1 fully saturated rings. The lowest BCUT2D eigenvalue weighted by Crippen LogP contribution is -2.29. The standard InChI is InChI=1S/C22H22FN5/c23-19-9-14(4-5-15(19)13-28-6-2-1-3-7-28)16-8-18-17-10-21(24)25-12-20(17)27-22(18)26-11-16/h4-5,8-12H,1-3,6-7,13H2,(H2,24,25)(H,26,27). The molecule has 1 aliphatic heterocycles. The van der Waals surface area contributed by atoms with Crippen molar-refractivity contribution < 1.29 is 4.39 Å². The predicted octanol–water partition coefficient (Wildman–Crippen LogP) is 4.49. The molecule has 4 aromatic rings. The van der Waals surface area contributed by atoms with Crippen LogP contribution in [-0.4, -0.2) is 32.9 Å². The molecule has 6 heteroatoms. The van der Waals surface area contributed by atoms with Crippen LogP contribution in [0.5, 0.6) is 0 Å². The Bertz CT molecular complexity index is 1160. The number of aromatic nitrogens is 3. The van der Waals surface area contributed by atoms with Crippen LogP contribution in [0.2, 0.25) is 0 Å². The summed E-state index contributed by atoms with van der Waals surface area (Å²) in [5, 5.41) is 1.93. The van der Waals surface area contributed by atoms with Crippen molar-refractivity contribution in [3.05, 3.63) is 54.1 Å². The molecule has 0 unspecified atom stereocenters. The number of anilines is 1. The largest absolute Gasteiger partial charge is 0.384 e. The van der Waals surface area contributed by atoms with E-state index in [0.717, 1.165) is 51.7 Å².